The van der Waals surface area contributed by atoms with Crippen molar-refractivity contribution in [3.63, 3.8) is 0 Å². The Labute approximate surface area is 98.0 Å². The van der Waals surface area contributed by atoms with Crippen LogP contribution in [0.1, 0.15) is 24.3 Å². The zero-order valence-corrected chi connectivity index (χ0v) is 9.47. The summed E-state index contributed by atoms with van der Waals surface area (Å²) in [6.07, 6.45) is 1.22. The number of hydrogen-bond acceptors (Lipinski definition) is 4. The van der Waals surface area contributed by atoms with Crippen LogP contribution in [0.4, 0.5) is 0 Å². The molecule has 2 rings (SSSR count). The average Bonchev–Trinajstić information content (AvgIpc) is 2.58. The van der Waals surface area contributed by atoms with Crippen molar-refractivity contribution < 1.29 is 19.2 Å². The molecule has 1 aliphatic rings. The molecule has 1 aliphatic carbocycles. The number of nitrogens with one attached hydrogen (secondary N) is 1. The molecule has 0 saturated heterocycles. The van der Waals surface area contributed by atoms with Gasteiger partial charge in [0.05, 0.1) is 24.1 Å². The van der Waals surface area contributed by atoms with Crippen molar-refractivity contribution in [2.75, 3.05) is 0 Å². The quantitative estimate of drug-likeness (QED) is 0.805. The van der Waals surface area contributed by atoms with Crippen molar-refractivity contribution in [3.05, 3.63) is 17.5 Å². The van der Waals surface area contributed by atoms with Gasteiger partial charge in [0.25, 0.3) is 0 Å². The highest BCUT2D eigenvalue weighted by Crippen LogP contribution is 2.34. The van der Waals surface area contributed by atoms with E-state index in [4.69, 9.17) is 9.63 Å². The lowest BCUT2D eigenvalue weighted by molar-refractivity contribution is -0.152. The monoisotopic (exact) mass is 238 g/mol. The molecule has 0 radical (unpaired) electrons. The van der Waals surface area contributed by atoms with Crippen LogP contribution in [0.15, 0.2) is 10.6 Å². The van der Waals surface area contributed by atoms with Crippen molar-refractivity contribution in [1.29, 1.82) is 0 Å². The Balaban J connectivity index is 1.84. The molecule has 1 saturated carbocycles. The molecule has 2 atom stereocenters. The minimum atomic E-state index is -0.896. The van der Waals surface area contributed by atoms with E-state index in [0.29, 0.717) is 18.6 Å². The standard InChI is InChI=1S/C11H14N2O4/c1-6-4-7(17-13-6)5-12-10(14)8-2-3-9(8)11(15)16/h4,8-9H,2-3,5H2,1H3,(H,12,14)(H,15,16). The fourth-order valence-corrected chi connectivity index (χ4v) is 1.91. The lowest BCUT2D eigenvalue weighted by atomic mass is 9.73. The van der Waals surface area contributed by atoms with Crippen LogP contribution in [0.25, 0.3) is 0 Å². The molecule has 6 nitrogen and oxygen atoms in total. The summed E-state index contributed by atoms with van der Waals surface area (Å²) in [7, 11) is 0. The number of carbonyl (C=O) groups excluding carboxylic acids is 1. The Kier molecular flexibility index (Phi) is 3.12. The lowest BCUT2D eigenvalue weighted by Crippen LogP contribution is -2.43. The van der Waals surface area contributed by atoms with Crippen molar-refractivity contribution in [1.82, 2.24) is 10.5 Å². The highest BCUT2D eigenvalue weighted by atomic mass is 16.5. The van der Waals surface area contributed by atoms with Crippen LogP contribution in [0, 0.1) is 18.8 Å². The number of aromatic nitrogens is 1. The Morgan fingerprint density at radius 3 is 2.71 bits per heavy atom. The number of nitrogens with zero attached hydrogens (tertiary/aromatic N) is 1. The summed E-state index contributed by atoms with van der Waals surface area (Å²) in [5, 5.41) is 15.2. The summed E-state index contributed by atoms with van der Waals surface area (Å²) in [5.41, 5.74) is 0.751. The second kappa shape index (κ2) is 4.57. The smallest absolute Gasteiger partial charge is 0.307 e. The molecule has 92 valence electrons. The van der Waals surface area contributed by atoms with Gasteiger partial charge in [-0.2, -0.15) is 0 Å². The van der Waals surface area contributed by atoms with Gasteiger partial charge >= 0.3 is 5.97 Å². The molecular weight excluding hydrogens is 224 g/mol. The minimum absolute atomic E-state index is 0.224. The number of aryl methyl sites for hydroxylation is 1. The molecule has 1 fully saturated rings. The molecular formula is C11H14N2O4. The number of amides is 1. The molecule has 0 aromatic carbocycles. The van der Waals surface area contributed by atoms with Crippen LogP contribution in [0.5, 0.6) is 0 Å². The number of rotatable bonds is 4. The van der Waals surface area contributed by atoms with E-state index in [0.717, 1.165) is 5.69 Å². The molecule has 2 unspecified atom stereocenters. The fourth-order valence-electron chi connectivity index (χ4n) is 1.91. The Hall–Kier alpha value is -1.85. The number of hydrogen-bond donors (Lipinski definition) is 2. The summed E-state index contributed by atoms with van der Waals surface area (Å²) in [4.78, 5) is 22.4. The number of aliphatic carboxylic acids is 1. The fraction of sp³-hybridized carbons (Fsp3) is 0.545. The maximum absolute atomic E-state index is 11.7. The van der Waals surface area contributed by atoms with E-state index in [1.807, 2.05) is 0 Å². The number of carboxylic acids is 1. The lowest BCUT2D eigenvalue weighted by Gasteiger charge is -2.31. The molecule has 0 aliphatic heterocycles. The third-order valence-electron chi connectivity index (χ3n) is 3.04. The van der Waals surface area contributed by atoms with E-state index < -0.39 is 17.8 Å². The SMILES string of the molecule is Cc1cc(CNC(=O)C2CCC2C(=O)O)on1. The van der Waals surface area contributed by atoms with Gasteiger partial charge in [0, 0.05) is 6.07 Å². The molecule has 1 aromatic heterocycles. The van der Waals surface area contributed by atoms with Crippen LogP contribution >= 0.6 is 0 Å². The summed E-state index contributed by atoms with van der Waals surface area (Å²) >= 11 is 0. The zero-order valence-electron chi connectivity index (χ0n) is 9.47. The molecule has 0 bridgehead atoms. The topological polar surface area (TPSA) is 92.4 Å². The maximum Gasteiger partial charge on any atom is 0.307 e. The first-order valence-electron chi connectivity index (χ1n) is 5.50. The molecule has 0 spiro atoms. The third-order valence-corrected chi connectivity index (χ3v) is 3.04. The Morgan fingerprint density at radius 1 is 1.53 bits per heavy atom. The minimum Gasteiger partial charge on any atom is -0.481 e. The van der Waals surface area contributed by atoms with Crippen LogP contribution in [-0.2, 0) is 16.1 Å². The van der Waals surface area contributed by atoms with Gasteiger partial charge in [-0.1, -0.05) is 5.16 Å². The van der Waals surface area contributed by atoms with Crippen LogP contribution in [0.2, 0.25) is 0 Å². The van der Waals surface area contributed by atoms with Gasteiger partial charge in [-0.05, 0) is 19.8 Å². The molecule has 17 heavy (non-hydrogen) atoms. The van der Waals surface area contributed by atoms with E-state index in [1.54, 1.807) is 13.0 Å². The summed E-state index contributed by atoms with van der Waals surface area (Å²) in [5.74, 6) is -1.49. The summed E-state index contributed by atoms with van der Waals surface area (Å²) in [6, 6.07) is 1.73. The molecule has 6 heteroatoms. The predicted molar refractivity (Wildman–Crippen MR) is 56.9 cm³/mol. The summed E-state index contributed by atoms with van der Waals surface area (Å²) in [6.45, 7) is 2.05. The largest absolute Gasteiger partial charge is 0.481 e. The number of carbonyl (C=O) groups is 2. The second-order valence-electron chi connectivity index (χ2n) is 4.28. The zero-order chi connectivity index (χ0) is 12.4. The van der Waals surface area contributed by atoms with Gasteiger partial charge in [0.15, 0.2) is 5.76 Å². The van der Waals surface area contributed by atoms with Gasteiger partial charge in [0.2, 0.25) is 5.91 Å². The molecule has 1 aromatic rings. The van der Waals surface area contributed by atoms with Crippen molar-refractivity contribution in [2.24, 2.45) is 11.8 Å². The van der Waals surface area contributed by atoms with Gasteiger partial charge in [-0.15, -0.1) is 0 Å². The number of carboxylic acid groups (broad SMARTS) is 1. The Morgan fingerprint density at radius 2 is 2.24 bits per heavy atom. The molecule has 2 N–H and O–H groups in total. The summed E-state index contributed by atoms with van der Waals surface area (Å²) < 4.78 is 4.94. The van der Waals surface area contributed by atoms with Crippen LogP contribution < -0.4 is 5.32 Å². The van der Waals surface area contributed by atoms with Crippen LogP contribution in [0.3, 0.4) is 0 Å². The van der Waals surface area contributed by atoms with E-state index in [-0.39, 0.29) is 12.5 Å². The molecule has 1 heterocycles. The van der Waals surface area contributed by atoms with Gasteiger partial charge in [0.1, 0.15) is 0 Å². The van der Waals surface area contributed by atoms with Crippen LogP contribution in [-0.4, -0.2) is 22.1 Å². The maximum atomic E-state index is 11.7. The third kappa shape index (κ3) is 2.46. The van der Waals surface area contributed by atoms with Gasteiger partial charge < -0.3 is 14.9 Å². The first kappa shape index (κ1) is 11.6. The average molecular weight is 238 g/mol. The highest BCUT2D eigenvalue weighted by Gasteiger charge is 2.41. The van der Waals surface area contributed by atoms with Gasteiger partial charge in [-0.25, -0.2) is 0 Å². The normalized spacial score (nSPS) is 22.9. The van der Waals surface area contributed by atoms with E-state index in [1.165, 1.54) is 0 Å². The van der Waals surface area contributed by atoms with E-state index in [2.05, 4.69) is 10.5 Å². The van der Waals surface area contributed by atoms with E-state index >= 15 is 0 Å². The van der Waals surface area contributed by atoms with Crippen molar-refractivity contribution in [3.8, 4) is 0 Å². The predicted octanol–water partition coefficient (Wildman–Crippen LogP) is 0.710. The van der Waals surface area contributed by atoms with Gasteiger partial charge in [-0.3, -0.25) is 9.59 Å². The first-order chi connectivity index (χ1) is 8.08. The molecule has 1 amide bonds. The van der Waals surface area contributed by atoms with E-state index in [9.17, 15) is 9.59 Å². The van der Waals surface area contributed by atoms with Crippen molar-refractivity contribution >= 4 is 11.9 Å². The van der Waals surface area contributed by atoms with Crippen molar-refractivity contribution in [2.45, 2.75) is 26.3 Å². The first-order valence-corrected chi connectivity index (χ1v) is 5.50. The highest BCUT2D eigenvalue weighted by molar-refractivity contribution is 5.86. The Bertz CT molecular complexity index is 440. The second-order valence-corrected chi connectivity index (χ2v) is 4.28.